The Kier molecular flexibility index (Phi) is 4.56. The maximum absolute atomic E-state index is 12.1. The first kappa shape index (κ1) is 17.2. The smallest absolute Gasteiger partial charge is 0.253 e. The molecule has 2 aromatic carbocycles. The molecule has 5 nitrogen and oxygen atoms in total. The van der Waals surface area contributed by atoms with E-state index in [0.29, 0.717) is 17.1 Å². The Morgan fingerprint density at radius 2 is 1.74 bits per heavy atom. The predicted octanol–water partition coefficient (Wildman–Crippen LogP) is 4.32. The summed E-state index contributed by atoms with van der Waals surface area (Å²) >= 11 is 1.66. The fraction of sp³-hybridized carbons (Fsp3) is 0.0952. The van der Waals surface area contributed by atoms with Gasteiger partial charge in [-0.15, -0.1) is 0 Å². The van der Waals surface area contributed by atoms with Gasteiger partial charge in [0.2, 0.25) is 0 Å². The van der Waals surface area contributed by atoms with E-state index in [1.807, 2.05) is 24.4 Å². The fourth-order valence-electron chi connectivity index (χ4n) is 2.94. The van der Waals surface area contributed by atoms with Gasteiger partial charge < -0.3 is 10.6 Å². The monoisotopic (exact) mass is 375 g/mol. The number of hydrogen-bond acceptors (Lipinski definition) is 6. The second kappa shape index (κ2) is 7.17. The molecule has 6 heteroatoms. The van der Waals surface area contributed by atoms with Crippen LogP contribution in [0.2, 0.25) is 0 Å². The average Bonchev–Trinajstić information content (AvgIpc) is 3.26. The summed E-state index contributed by atoms with van der Waals surface area (Å²) in [6.07, 6.45) is 3.25. The Bertz CT molecular complexity index is 1130. The van der Waals surface area contributed by atoms with Crippen molar-refractivity contribution in [1.82, 2.24) is 4.98 Å². The highest BCUT2D eigenvalue weighted by atomic mass is 32.1. The lowest BCUT2D eigenvalue weighted by Gasteiger charge is -2.20. The number of nitrogens with one attached hydrogen (secondary N) is 2. The van der Waals surface area contributed by atoms with Gasteiger partial charge in [0.1, 0.15) is 11.4 Å². The SMILES string of the molecule is CC(Nc1c(Nc2ccncc2)c(=O)c1=O)c1cccc(-c2ccsc2)c1. The molecule has 2 N–H and O–H groups in total. The lowest BCUT2D eigenvalue weighted by atomic mass is 10.0. The van der Waals surface area contributed by atoms with E-state index in [-0.39, 0.29) is 6.04 Å². The quantitative estimate of drug-likeness (QED) is 0.491. The van der Waals surface area contributed by atoms with Gasteiger partial charge in [-0.25, -0.2) is 0 Å². The van der Waals surface area contributed by atoms with Gasteiger partial charge in [-0.2, -0.15) is 11.3 Å². The number of benzene rings is 1. The molecule has 1 unspecified atom stereocenters. The summed E-state index contributed by atoms with van der Waals surface area (Å²) in [6, 6.07) is 13.6. The third kappa shape index (κ3) is 3.39. The van der Waals surface area contributed by atoms with Crippen LogP contribution in [0.4, 0.5) is 17.1 Å². The van der Waals surface area contributed by atoms with E-state index in [4.69, 9.17) is 0 Å². The maximum Gasteiger partial charge on any atom is 0.253 e. The van der Waals surface area contributed by atoms with Crippen LogP contribution < -0.4 is 21.5 Å². The van der Waals surface area contributed by atoms with Crippen LogP contribution in [0.25, 0.3) is 11.1 Å². The second-order valence-electron chi connectivity index (χ2n) is 6.27. The predicted molar refractivity (Wildman–Crippen MR) is 111 cm³/mol. The van der Waals surface area contributed by atoms with Crippen molar-refractivity contribution in [2.45, 2.75) is 13.0 Å². The number of thiophene rings is 1. The van der Waals surface area contributed by atoms with Crippen molar-refractivity contribution in [1.29, 1.82) is 0 Å². The van der Waals surface area contributed by atoms with Gasteiger partial charge in [0.15, 0.2) is 0 Å². The first-order chi connectivity index (χ1) is 13.1. The summed E-state index contributed by atoms with van der Waals surface area (Å²) in [6.45, 7) is 1.97. The van der Waals surface area contributed by atoms with Crippen LogP contribution in [0.3, 0.4) is 0 Å². The fourth-order valence-corrected chi connectivity index (χ4v) is 3.61. The molecular weight excluding hydrogens is 358 g/mol. The van der Waals surface area contributed by atoms with E-state index in [0.717, 1.165) is 11.1 Å². The van der Waals surface area contributed by atoms with Gasteiger partial charge in [0.25, 0.3) is 10.9 Å². The Balaban J connectivity index is 1.57. The van der Waals surface area contributed by atoms with E-state index in [1.54, 1.807) is 35.9 Å². The molecule has 0 bridgehead atoms. The van der Waals surface area contributed by atoms with Crippen LogP contribution >= 0.6 is 11.3 Å². The zero-order chi connectivity index (χ0) is 18.8. The first-order valence-electron chi connectivity index (χ1n) is 8.53. The minimum absolute atomic E-state index is 0.120. The molecule has 0 radical (unpaired) electrons. The summed E-state index contributed by atoms with van der Waals surface area (Å²) in [5.74, 6) is 0. The highest BCUT2D eigenvalue weighted by Crippen LogP contribution is 2.28. The maximum atomic E-state index is 12.1. The molecule has 0 aliphatic carbocycles. The topological polar surface area (TPSA) is 71.1 Å². The second-order valence-corrected chi connectivity index (χ2v) is 7.05. The first-order valence-corrected chi connectivity index (χ1v) is 9.47. The molecular formula is C21H17N3O2S. The van der Waals surface area contributed by atoms with Crippen molar-refractivity contribution in [2.24, 2.45) is 0 Å². The van der Waals surface area contributed by atoms with Crippen molar-refractivity contribution in [2.75, 3.05) is 10.6 Å². The summed E-state index contributed by atoms with van der Waals surface area (Å²) in [5.41, 5.74) is 3.68. The van der Waals surface area contributed by atoms with Crippen LogP contribution in [-0.4, -0.2) is 4.98 Å². The molecule has 0 amide bonds. The largest absolute Gasteiger partial charge is 0.373 e. The zero-order valence-electron chi connectivity index (χ0n) is 14.6. The van der Waals surface area contributed by atoms with Gasteiger partial charge in [-0.1, -0.05) is 18.2 Å². The highest BCUT2D eigenvalue weighted by molar-refractivity contribution is 7.08. The van der Waals surface area contributed by atoms with Gasteiger partial charge in [-0.05, 0) is 58.6 Å². The highest BCUT2D eigenvalue weighted by Gasteiger charge is 2.23. The summed E-state index contributed by atoms with van der Waals surface area (Å²) in [7, 11) is 0. The molecule has 0 aliphatic heterocycles. The van der Waals surface area contributed by atoms with Crippen molar-refractivity contribution >= 4 is 28.4 Å². The molecule has 0 fully saturated rings. The van der Waals surface area contributed by atoms with E-state index >= 15 is 0 Å². The van der Waals surface area contributed by atoms with E-state index in [1.165, 1.54) is 5.56 Å². The number of nitrogens with zero attached hydrogens (tertiary/aromatic N) is 1. The number of rotatable bonds is 6. The van der Waals surface area contributed by atoms with Gasteiger partial charge >= 0.3 is 0 Å². The van der Waals surface area contributed by atoms with Crippen LogP contribution in [0.1, 0.15) is 18.5 Å². The lowest BCUT2D eigenvalue weighted by molar-refractivity contribution is 0.880. The normalized spacial score (nSPS) is 12.0. The molecule has 27 heavy (non-hydrogen) atoms. The lowest BCUT2D eigenvalue weighted by Crippen LogP contribution is -2.37. The third-order valence-electron chi connectivity index (χ3n) is 4.46. The Labute approximate surface area is 160 Å². The molecule has 4 aromatic rings. The van der Waals surface area contributed by atoms with Gasteiger partial charge in [-0.3, -0.25) is 14.6 Å². The van der Waals surface area contributed by atoms with Crippen molar-refractivity contribution in [3.8, 4) is 11.1 Å². The number of aromatic nitrogens is 1. The summed E-state index contributed by atoms with van der Waals surface area (Å²) in [4.78, 5) is 28.0. The van der Waals surface area contributed by atoms with Crippen molar-refractivity contribution < 1.29 is 0 Å². The van der Waals surface area contributed by atoms with Crippen molar-refractivity contribution in [3.63, 3.8) is 0 Å². The number of pyridine rings is 1. The third-order valence-corrected chi connectivity index (χ3v) is 5.15. The van der Waals surface area contributed by atoms with E-state index < -0.39 is 10.9 Å². The molecule has 2 aromatic heterocycles. The Hall–Kier alpha value is -3.25. The minimum Gasteiger partial charge on any atom is -0.373 e. The standard InChI is InChI=1S/C21H17N3O2S/c1-13(14-3-2-4-15(11-14)16-7-10-27-12-16)23-18-19(21(26)20(18)25)24-17-5-8-22-9-6-17/h2-13,23H,1H3,(H,22,24). The van der Waals surface area contributed by atoms with E-state index in [9.17, 15) is 9.59 Å². The van der Waals surface area contributed by atoms with E-state index in [2.05, 4.69) is 39.2 Å². The Morgan fingerprint density at radius 1 is 0.963 bits per heavy atom. The molecule has 0 saturated heterocycles. The molecule has 0 aliphatic rings. The van der Waals surface area contributed by atoms with Crippen molar-refractivity contribution in [3.05, 3.63) is 91.6 Å². The molecule has 2 heterocycles. The van der Waals surface area contributed by atoms with Crippen LogP contribution in [-0.2, 0) is 0 Å². The summed E-state index contributed by atoms with van der Waals surface area (Å²) in [5, 5.41) is 10.3. The molecule has 4 rings (SSSR count). The minimum atomic E-state index is -0.506. The van der Waals surface area contributed by atoms with Crippen LogP contribution in [0, 0.1) is 0 Å². The van der Waals surface area contributed by atoms with Gasteiger partial charge in [0, 0.05) is 24.1 Å². The summed E-state index contributed by atoms with van der Waals surface area (Å²) < 4.78 is 0. The molecule has 0 spiro atoms. The van der Waals surface area contributed by atoms with Gasteiger partial charge in [0.05, 0.1) is 0 Å². The van der Waals surface area contributed by atoms with Crippen LogP contribution in [0.15, 0.2) is 75.2 Å². The molecule has 0 saturated carbocycles. The zero-order valence-corrected chi connectivity index (χ0v) is 15.4. The number of hydrogen-bond donors (Lipinski definition) is 2. The Morgan fingerprint density at radius 3 is 2.48 bits per heavy atom. The van der Waals surface area contributed by atoms with Crippen LogP contribution in [0.5, 0.6) is 0 Å². The molecule has 1 atom stereocenters. The average molecular weight is 375 g/mol. The molecule has 134 valence electrons. The number of anilines is 3.